The van der Waals surface area contributed by atoms with Crippen molar-refractivity contribution in [2.75, 3.05) is 27.2 Å². The van der Waals surface area contributed by atoms with Gasteiger partial charge in [0.05, 0.1) is 5.56 Å². The molecule has 27 heavy (non-hydrogen) atoms. The first-order valence-electron chi connectivity index (χ1n) is 9.47. The highest BCUT2D eigenvalue weighted by atomic mass is 35.5. The number of hydrogen-bond donors (Lipinski definition) is 2. The number of nitrogens with one attached hydrogen (secondary N) is 1. The zero-order chi connectivity index (χ0) is 17.8. The molecule has 7 heteroatoms. The van der Waals surface area contributed by atoms with Gasteiger partial charge >= 0.3 is 0 Å². The Bertz CT molecular complexity index is 586. The third-order valence-electron chi connectivity index (χ3n) is 5.60. The Morgan fingerprint density at radius 1 is 1.19 bits per heavy atom. The molecule has 0 saturated heterocycles. The highest BCUT2D eigenvalue weighted by molar-refractivity contribution is 5.97. The molecule has 1 aromatic rings. The van der Waals surface area contributed by atoms with Crippen LogP contribution < -0.4 is 15.8 Å². The summed E-state index contributed by atoms with van der Waals surface area (Å²) in [7, 11) is 4.02. The van der Waals surface area contributed by atoms with E-state index in [0.717, 1.165) is 19.4 Å². The van der Waals surface area contributed by atoms with E-state index >= 15 is 0 Å². The second-order valence-corrected chi connectivity index (χ2v) is 7.83. The molecule has 3 rings (SSSR count). The van der Waals surface area contributed by atoms with Crippen LogP contribution in [0.5, 0.6) is 5.75 Å². The molecule has 2 saturated carbocycles. The molecule has 5 nitrogen and oxygen atoms in total. The van der Waals surface area contributed by atoms with Gasteiger partial charge in [0.25, 0.3) is 5.91 Å². The number of amides is 1. The SMILES string of the molecule is CN(C)CCOc1ccccc1C(=O)NC1C2CCCC1CC(N)C2.Cl.Cl. The molecule has 1 amide bonds. The molecule has 154 valence electrons. The van der Waals surface area contributed by atoms with Gasteiger partial charge in [-0.15, -0.1) is 24.8 Å². The molecular weight excluding hydrogens is 385 g/mol. The quantitative estimate of drug-likeness (QED) is 0.745. The van der Waals surface area contributed by atoms with E-state index in [2.05, 4.69) is 10.2 Å². The molecule has 2 aliphatic rings. The van der Waals surface area contributed by atoms with Gasteiger partial charge in [-0.1, -0.05) is 18.6 Å². The van der Waals surface area contributed by atoms with Gasteiger partial charge in [0, 0.05) is 18.6 Å². The maximum Gasteiger partial charge on any atom is 0.255 e. The summed E-state index contributed by atoms with van der Waals surface area (Å²) in [5.74, 6) is 1.69. The first-order chi connectivity index (χ1) is 12.0. The van der Waals surface area contributed by atoms with Gasteiger partial charge < -0.3 is 20.7 Å². The first kappa shape index (κ1) is 24.0. The standard InChI is InChI=1S/C20H31N3O2.2ClH/c1-23(2)10-11-25-18-9-4-3-8-17(18)20(24)22-19-14-6-5-7-15(19)13-16(21)12-14;;/h3-4,8-9,14-16,19H,5-7,10-13,21H2,1-2H3,(H,22,24);2*1H. The van der Waals surface area contributed by atoms with Gasteiger partial charge in [-0.05, 0) is 63.7 Å². The van der Waals surface area contributed by atoms with E-state index in [9.17, 15) is 4.79 Å². The van der Waals surface area contributed by atoms with Crippen molar-refractivity contribution >= 4 is 30.7 Å². The maximum atomic E-state index is 12.9. The lowest BCUT2D eigenvalue weighted by Gasteiger charge is -2.45. The van der Waals surface area contributed by atoms with Gasteiger partial charge in [-0.2, -0.15) is 0 Å². The predicted molar refractivity (Wildman–Crippen MR) is 114 cm³/mol. The summed E-state index contributed by atoms with van der Waals surface area (Å²) in [5.41, 5.74) is 6.83. The molecule has 0 aromatic heterocycles. The Morgan fingerprint density at radius 3 is 2.44 bits per heavy atom. The van der Waals surface area contributed by atoms with Gasteiger partial charge in [-0.3, -0.25) is 4.79 Å². The Hall–Kier alpha value is -1.01. The van der Waals surface area contributed by atoms with Crippen LogP contribution in [0.3, 0.4) is 0 Å². The number of halogens is 2. The van der Waals surface area contributed by atoms with E-state index in [1.54, 1.807) is 0 Å². The highest BCUT2D eigenvalue weighted by Crippen LogP contribution is 2.39. The number of hydrogen-bond acceptors (Lipinski definition) is 4. The van der Waals surface area contributed by atoms with Crippen LogP contribution in [0.1, 0.15) is 42.5 Å². The van der Waals surface area contributed by atoms with Crippen LogP contribution in [0.2, 0.25) is 0 Å². The predicted octanol–water partition coefficient (Wildman–Crippen LogP) is 3.11. The van der Waals surface area contributed by atoms with Crippen LogP contribution in [0.25, 0.3) is 0 Å². The Balaban J connectivity index is 0.00000182. The number of likely N-dealkylation sites (N-methyl/N-ethyl adjacent to an activating group) is 1. The van der Waals surface area contributed by atoms with Crippen molar-refractivity contribution in [1.29, 1.82) is 0 Å². The maximum absolute atomic E-state index is 12.9. The highest BCUT2D eigenvalue weighted by Gasteiger charge is 2.40. The molecular formula is C20H33Cl2N3O2. The van der Waals surface area contributed by atoms with E-state index in [4.69, 9.17) is 10.5 Å². The lowest BCUT2D eigenvalue weighted by molar-refractivity contribution is 0.0752. The van der Waals surface area contributed by atoms with Crippen molar-refractivity contribution < 1.29 is 9.53 Å². The van der Waals surface area contributed by atoms with E-state index in [1.807, 2.05) is 38.4 Å². The van der Waals surface area contributed by atoms with E-state index in [1.165, 1.54) is 19.3 Å². The minimum absolute atomic E-state index is 0. The number of fused-ring (bicyclic) bond motifs is 2. The van der Waals surface area contributed by atoms with Crippen LogP contribution in [-0.2, 0) is 0 Å². The van der Waals surface area contributed by atoms with Gasteiger partial charge in [0.1, 0.15) is 12.4 Å². The van der Waals surface area contributed by atoms with Gasteiger partial charge in [-0.25, -0.2) is 0 Å². The fourth-order valence-electron chi connectivity index (χ4n) is 4.37. The lowest BCUT2D eigenvalue weighted by atomic mass is 9.67. The number of ether oxygens (including phenoxy) is 1. The second kappa shape index (κ2) is 11.1. The molecule has 3 N–H and O–H groups in total. The average Bonchev–Trinajstić information content (AvgIpc) is 2.56. The molecule has 0 spiro atoms. The third-order valence-corrected chi connectivity index (χ3v) is 5.60. The van der Waals surface area contributed by atoms with Crippen LogP contribution in [-0.4, -0.2) is 50.1 Å². The Morgan fingerprint density at radius 2 is 1.81 bits per heavy atom. The normalized spacial score (nSPS) is 26.5. The summed E-state index contributed by atoms with van der Waals surface area (Å²) < 4.78 is 5.85. The van der Waals surface area contributed by atoms with Crippen molar-refractivity contribution in [3.63, 3.8) is 0 Å². The van der Waals surface area contributed by atoms with Gasteiger partial charge in [0.15, 0.2) is 0 Å². The van der Waals surface area contributed by atoms with Crippen molar-refractivity contribution in [1.82, 2.24) is 10.2 Å². The molecule has 2 fully saturated rings. The van der Waals surface area contributed by atoms with Crippen LogP contribution in [0, 0.1) is 11.8 Å². The zero-order valence-electron chi connectivity index (χ0n) is 16.2. The number of benzene rings is 1. The zero-order valence-corrected chi connectivity index (χ0v) is 17.9. The summed E-state index contributed by atoms with van der Waals surface area (Å²) >= 11 is 0. The van der Waals surface area contributed by atoms with E-state index in [0.29, 0.717) is 35.8 Å². The topological polar surface area (TPSA) is 67.6 Å². The number of carbonyl (C=O) groups excluding carboxylic acids is 1. The van der Waals surface area contributed by atoms with Crippen LogP contribution in [0.4, 0.5) is 0 Å². The summed E-state index contributed by atoms with van der Waals surface area (Å²) in [4.78, 5) is 15.0. The van der Waals surface area contributed by atoms with E-state index in [-0.39, 0.29) is 36.8 Å². The van der Waals surface area contributed by atoms with Crippen molar-refractivity contribution in [3.8, 4) is 5.75 Å². The van der Waals surface area contributed by atoms with E-state index < -0.39 is 0 Å². The smallest absolute Gasteiger partial charge is 0.255 e. The minimum atomic E-state index is -0.0159. The first-order valence-corrected chi connectivity index (χ1v) is 9.47. The molecule has 1 aromatic carbocycles. The summed E-state index contributed by atoms with van der Waals surface area (Å²) in [6.07, 6.45) is 5.68. The fourth-order valence-corrected chi connectivity index (χ4v) is 4.37. The number of para-hydroxylation sites is 1. The minimum Gasteiger partial charge on any atom is -0.491 e. The van der Waals surface area contributed by atoms with Crippen molar-refractivity contribution in [2.45, 2.75) is 44.2 Å². The average molecular weight is 418 g/mol. The fraction of sp³-hybridized carbons (Fsp3) is 0.650. The number of carbonyl (C=O) groups is 1. The van der Waals surface area contributed by atoms with Crippen molar-refractivity contribution in [2.24, 2.45) is 17.6 Å². The molecule has 0 heterocycles. The molecule has 0 radical (unpaired) electrons. The number of nitrogens with two attached hydrogens (primary N) is 1. The molecule has 0 aliphatic heterocycles. The third kappa shape index (κ3) is 6.24. The largest absolute Gasteiger partial charge is 0.491 e. The summed E-state index contributed by atoms with van der Waals surface area (Å²) in [6.45, 7) is 1.39. The second-order valence-electron chi connectivity index (χ2n) is 7.83. The lowest BCUT2D eigenvalue weighted by Crippen LogP contribution is -2.53. The van der Waals surface area contributed by atoms with Crippen LogP contribution >= 0.6 is 24.8 Å². The van der Waals surface area contributed by atoms with Crippen molar-refractivity contribution in [3.05, 3.63) is 29.8 Å². The molecule has 2 unspecified atom stereocenters. The molecule has 2 bridgehead atoms. The summed E-state index contributed by atoms with van der Waals surface area (Å²) in [6, 6.07) is 8.09. The monoisotopic (exact) mass is 417 g/mol. The van der Waals surface area contributed by atoms with Gasteiger partial charge in [0.2, 0.25) is 0 Å². The van der Waals surface area contributed by atoms with Crippen LogP contribution in [0.15, 0.2) is 24.3 Å². The Kier molecular flexibility index (Phi) is 9.88. The molecule has 2 aliphatic carbocycles. The Labute approximate surface area is 175 Å². The number of nitrogens with zero attached hydrogens (tertiary/aromatic N) is 1. The summed E-state index contributed by atoms with van der Waals surface area (Å²) in [5, 5.41) is 3.31. The number of rotatable bonds is 6. The molecule has 2 atom stereocenters.